The maximum atomic E-state index is 12.8. The summed E-state index contributed by atoms with van der Waals surface area (Å²) in [6.07, 6.45) is 3.04. The molecule has 0 aromatic heterocycles. The van der Waals surface area contributed by atoms with E-state index in [-0.39, 0.29) is 17.6 Å². The number of para-hydroxylation sites is 1. The van der Waals surface area contributed by atoms with Crippen LogP contribution in [0.1, 0.15) is 22.8 Å². The van der Waals surface area contributed by atoms with Gasteiger partial charge in [-0.25, -0.2) is 4.79 Å². The van der Waals surface area contributed by atoms with Crippen LogP contribution < -0.4 is 14.2 Å². The van der Waals surface area contributed by atoms with Crippen molar-refractivity contribution in [2.24, 2.45) is 0 Å². The first-order valence-corrected chi connectivity index (χ1v) is 10.2. The number of rotatable bonds is 2. The van der Waals surface area contributed by atoms with Gasteiger partial charge in [-0.1, -0.05) is 18.2 Å². The van der Waals surface area contributed by atoms with Gasteiger partial charge in [0.1, 0.15) is 23.4 Å². The van der Waals surface area contributed by atoms with Crippen molar-refractivity contribution in [2.45, 2.75) is 13.0 Å². The van der Waals surface area contributed by atoms with Gasteiger partial charge in [-0.2, -0.15) is 0 Å². The van der Waals surface area contributed by atoms with Crippen LogP contribution in [-0.4, -0.2) is 49.2 Å². The number of benzene rings is 2. The summed E-state index contributed by atoms with van der Waals surface area (Å²) in [4.78, 5) is 26.7. The lowest BCUT2D eigenvalue weighted by molar-refractivity contribution is 0.0416. The average molecular weight is 419 g/mol. The van der Waals surface area contributed by atoms with E-state index in [1.54, 1.807) is 29.2 Å². The predicted octanol–water partition coefficient (Wildman–Crippen LogP) is 3.84. The molecule has 31 heavy (non-hydrogen) atoms. The van der Waals surface area contributed by atoms with E-state index in [4.69, 9.17) is 18.9 Å². The number of allylic oxidation sites excluding steroid dienone is 1. The first-order chi connectivity index (χ1) is 15.1. The summed E-state index contributed by atoms with van der Waals surface area (Å²) in [5, 5.41) is 0. The minimum Gasteiger partial charge on any atom is -0.485 e. The van der Waals surface area contributed by atoms with Crippen molar-refractivity contribution >= 4 is 18.0 Å². The van der Waals surface area contributed by atoms with E-state index in [9.17, 15) is 9.59 Å². The molecular formula is C24H21NO6. The minimum absolute atomic E-state index is 0.215. The van der Waals surface area contributed by atoms with Gasteiger partial charge in [-0.3, -0.25) is 4.79 Å². The van der Waals surface area contributed by atoms with Crippen molar-refractivity contribution < 1.29 is 28.5 Å². The van der Waals surface area contributed by atoms with Gasteiger partial charge in [0.15, 0.2) is 5.76 Å². The number of carbonyl (C=O) groups excluding carboxylic acids is 2. The number of hydrogen-bond donors (Lipinski definition) is 0. The van der Waals surface area contributed by atoms with Gasteiger partial charge in [0.05, 0.1) is 18.8 Å². The molecule has 3 aliphatic rings. The highest BCUT2D eigenvalue weighted by molar-refractivity contribution is 6.12. The standard InChI is InChI=1S/C24H21NO6/c1-15-17(12-16-4-2-3-5-20(16)29-15)13-22-23(26)19-7-6-18(14-21(19)31-22)30-24(27)25-8-10-28-11-9-25/h2-7,12-15H,8-11H2,1H3/b22-13-. The summed E-state index contributed by atoms with van der Waals surface area (Å²) in [7, 11) is 0. The van der Waals surface area contributed by atoms with Crippen LogP contribution in [-0.2, 0) is 4.74 Å². The Morgan fingerprint density at radius 1 is 1.13 bits per heavy atom. The van der Waals surface area contributed by atoms with E-state index in [0.29, 0.717) is 43.4 Å². The van der Waals surface area contributed by atoms with Crippen molar-refractivity contribution in [1.82, 2.24) is 4.90 Å². The number of ketones is 1. The lowest BCUT2D eigenvalue weighted by Crippen LogP contribution is -2.42. The van der Waals surface area contributed by atoms with E-state index < -0.39 is 6.09 Å². The summed E-state index contributed by atoms with van der Waals surface area (Å²) >= 11 is 0. The average Bonchev–Trinajstić information content (AvgIpc) is 3.09. The molecule has 1 fully saturated rings. The Balaban J connectivity index is 1.35. The topological polar surface area (TPSA) is 74.3 Å². The maximum Gasteiger partial charge on any atom is 0.415 e. The third-order valence-electron chi connectivity index (χ3n) is 5.43. The van der Waals surface area contributed by atoms with Crippen molar-refractivity contribution in [3.05, 3.63) is 71.0 Å². The van der Waals surface area contributed by atoms with Crippen LogP contribution in [0.2, 0.25) is 0 Å². The molecule has 1 amide bonds. The first kappa shape index (κ1) is 19.4. The Morgan fingerprint density at radius 3 is 2.77 bits per heavy atom. The number of hydrogen-bond acceptors (Lipinski definition) is 6. The molecule has 0 aliphatic carbocycles. The highest BCUT2D eigenvalue weighted by Crippen LogP contribution is 2.36. The molecule has 3 heterocycles. The summed E-state index contributed by atoms with van der Waals surface area (Å²) in [6.45, 7) is 3.89. The Bertz CT molecular complexity index is 1110. The van der Waals surface area contributed by atoms with Gasteiger partial charge < -0.3 is 23.8 Å². The van der Waals surface area contributed by atoms with E-state index in [1.807, 2.05) is 37.3 Å². The molecule has 5 rings (SSSR count). The summed E-state index contributed by atoms with van der Waals surface area (Å²) in [5.74, 6) is 1.51. The smallest absolute Gasteiger partial charge is 0.415 e. The molecule has 0 saturated carbocycles. The number of ether oxygens (including phenoxy) is 4. The Morgan fingerprint density at radius 2 is 1.94 bits per heavy atom. The molecule has 2 aromatic rings. The second kappa shape index (κ2) is 7.92. The fraction of sp³-hybridized carbons (Fsp3) is 0.250. The molecule has 2 aromatic carbocycles. The van der Waals surface area contributed by atoms with Gasteiger partial charge in [0, 0.05) is 24.7 Å². The zero-order valence-electron chi connectivity index (χ0n) is 17.0. The summed E-state index contributed by atoms with van der Waals surface area (Å²) < 4.78 is 22.4. The molecule has 7 heteroatoms. The normalized spacial score (nSPS) is 21.0. The molecule has 3 aliphatic heterocycles. The number of morpholine rings is 1. The SMILES string of the molecule is CC1Oc2ccccc2C=C1/C=C1\Oc2cc(OC(=O)N3CCOCC3)ccc2C1=O. The molecule has 7 nitrogen and oxygen atoms in total. The zero-order chi connectivity index (χ0) is 21.4. The van der Waals surface area contributed by atoms with Gasteiger partial charge in [0.25, 0.3) is 0 Å². The largest absolute Gasteiger partial charge is 0.485 e. The van der Waals surface area contributed by atoms with Crippen LogP contribution in [0.5, 0.6) is 17.2 Å². The number of amides is 1. The maximum absolute atomic E-state index is 12.8. The minimum atomic E-state index is -0.444. The number of carbonyl (C=O) groups is 2. The van der Waals surface area contributed by atoms with Crippen LogP contribution in [0.15, 0.2) is 59.9 Å². The Hall–Kier alpha value is -3.58. The monoisotopic (exact) mass is 419 g/mol. The van der Waals surface area contributed by atoms with E-state index in [2.05, 4.69) is 0 Å². The first-order valence-electron chi connectivity index (χ1n) is 10.2. The van der Waals surface area contributed by atoms with Gasteiger partial charge in [0.2, 0.25) is 5.78 Å². The highest BCUT2D eigenvalue weighted by atomic mass is 16.6. The lowest BCUT2D eigenvalue weighted by atomic mass is 10.0. The highest BCUT2D eigenvalue weighted by Gasteiger charge is 2.30. The van der Waals surface area contributed by atoms with Gasteiger partial charge >= 0.3 is 6.09 Å². The summed E-state index contributed by atoms with van der Waals surface area (Å²) in [5.41, 5.74) is 2.23. The second-order valence-electron chi connectivity index (χ2n) is 7.51. The van der Waals surface area contributed by atoms with Crippen molar-refractivity contribution in [3.8, 4) is 17.2 Å². The van der Waals surface area contributed by atoms with Crippen LogP contribution in [0.25, 0.3) is 6.08 Å². The van der Waals surface area contributed by atoms with Crippen LogP contribution >= 0.6 is 0 Å². The fourth-order valence-corrected chi connectivity index (χ4v) is 3.71. The molecule has 0 N–H and O–H groups in total. The van der Waals surface area contributed by atoms with Crippen LogP contribution in [0.3, 0.4) is 0 Å². The third kappa shape index (κ3) is 3.80. The van der Waals surface area contributed by atoms with E-state index in [1.165, 1.54) is 0 Å². The number of Topliss-reactive ketones (excluding diaryl/α,β-unsaturated/α-hetero) is 1. The molecule has 0 bridgehead atoms. The number of nitrogens with zero attached hydrogens (tertiary/aromatic N) is 1. The molecule has 1 unspecified atom stereocenters. The van der Waals surface area contributed by atoms with Crippen molar-refractivity contribution in [1.29, 1.82) is 0 Å². The fourth-order valence-electron chi connectivity index (χ4n) is 3.71. The van der Waals surface area contributed by atoms with Gasteiger partial charge in [-0.05, 0) is 42.8 Å². The third-order valence-corrected chi connectivity index (χ3v) is 5.43. The van der Waals surface area contributed by atoms with Crippen LogP contribution in [0.4, 0.5) is 4.79 Å². The molecule has 0 radical (unpaired) electrons. The molecule has 1 atom stereocenters. The molecule has 158 valence electrons. The van der Waals surface area contributed by atoms with Crippen LogP contribution in [0, 0.1) is 0 Å². The van der Waals surface area contributed by atoms with E-state index >= 15 is 0 Å². The van der Waals surface area contributed by atoms with Gasteiger partial charge in [-0.15, -0.1) is 0 Å². The second-order valence-corrected chi connectivity index (χ2v) is 7.51. The molecule has 0 spiro atoms. The Kier molecular flexibility index (Phi) is 4.95. The van der Waals surface area contributed by atoms with Crippen molar-refractivity contribution in [2.75, 3.05) is 26.3 Å². The van der Waals surface area contributed by atoms with E-state index in [0.717, 1.165) is 16.9 Å². The molecule has 1 saturated heterocycles. The quantitative estimate of drug-likeness (QED) is 0.689. The predicted molar refractivity (Wildman–Crippen MR) is 112 cm³/mol. The Labute approximate surface area is 179 Å². The van der Waals surface area contributed by atoms with Crippen molar-refractivity contribution in [3.63, 3.8) is 0 Å². The zero-order valence-corrected chi connectivity index (χ0v) is 17.0. The molecular weight excluding hydrogens is 398 g/mol. The number of fused-ring (bicyclic) bond motifs is 2. The summed E-state index contributed by atoms with van der Waals surface area (Å²) in [6, 6.07) is 12.5. The lowest BCUT2D eigenvalue weighted by Gasteiger charge is -2.25.